The highest BCUT2D eigenvalue weighted by atomic mass is 16.3. The molecule has 0 N–H and O–H groups in total. The first-order valence-electron chi connectivity index (χ1n) is 16.5. The zero-order valence-electron chi connectivity index (χ0n) is 26.3. The van der Waals surface area contributed by atoms with Gasteiger partial charge in [0, 0.05) is 34.1 Å². The minimum atomic E-state index is 0.294. The van der Waals surface area contributed by atoms with Crippen LogP contribution in [0.3, 0.4) is 0 Å². The maximum atomic E-state index is 6.39. The standard InChI is InChI=1S/C45H32N2O/c1-3-11-35(12-4-1)45-46-43-29-24-34-18-19-36(30-42(34)44(43)48-45)31-20-25-38(26-21-31)47(37-14-5-2-6-15-37)39-27-22-33(23-28-39)41-17-9-13-32-10-7-8-16-40(32)41/h1-23,25-30,34H,24H2. The van der Waals surface area contributed by atoms with Crippen LogP contribution in [0, 0.1) is 5.92 Å². The van der Waals surface area contributed by atoms with Crippen LogP contribution in [0.5, 0.6) is 0 Å². The number of oxazole rings is 1. The second-order valence-electron chi connectivity index (χ2n) is 12.4. The van der Waals surface area contributed by atoms with Crippen LogP contribution in [-0.2, 0) is 0 Å². The maximum absolute atomic E-state index is 6.39. The number of allylic oxidation sites excluding steroid dienone is 4. The largest absolute Gasteiger partial charge is 0.436 e. The molecule has 48 heavy (non-hydrogen) atoms. The van der Waals surface area contributed by atoms with Gasteiger partial charge in [0.05, 0.1) is 0 Å². The lowest BCUT2D eigenvalue weighted by Gasteiger charge is -2.26. The summed E-state index contributed by atoms with van der Waals surface area (Å²) in [6, 6.07) is 53.6. The molecule has 0 amide bonds. The number of aromatic nitrogens is 1. The number of hydrogen-bond donors (Lipinski definition) is 0. The van der Waals surface area contributed by atoms with Gasteiger partial charge in [-0.2, -0.15) is 0 Å². The first kappa shape index (κ1) is 28.1. The Kier molecular flexibility index (Phi) is 6.94. The second kappa shape index (κ2) is 11.9. The van der Waals surface area contributed by atoms with Gasteiger partial charge >= 0.3 is 0 Å². The predicted octanol–water partition coefficient (Wildman–Crippen LogP) is 10.2. The number of benzene rings is 6. The molecule has 1 aromatic heterocycles. The highest BCUT2D eigenvalue weighted by molar-refractivity contribution is 5.97. The first-order chi connectivity index (χ1) is 23.8. The van der Waals surface area contributed by atoms with Crippen molar-refractivity contribution in [2.45, 2.75) is 6.42 Å². The number of hydrogen-bond acceptors (Lipinski definition) is 3. The summed E-state index contributed by atoms with van der Waals surface area (Å²) in [4.78, 5) is 7.15. The summed E-state index contributed by atoms with van der Waals surface area (Å²) in [5, 5.41) is 3.45. The van der Waals surface area contributed by atoms with Crippen molar-refractivity contribution in [1.82, 2.24) is 4.98 Å². The molecule has 0 spiro atoms. The highest BCUT2D eigenvalue weighted by Gasteiger charge is 2.22. The Morgan fingerprint density at radius 2 is 1.23 bits per heavy atom. The van der Waals surface area contributed by atoms with Crippen molar-refractivity contribution in [3.05, 3.63) is 186 Å². The fraction of sp³-hybridized carbons (Fsp3) is 0.0444. The van der Waals surface area contributed by atoms with Crippen LogP contribution >= 0.6 is 0 Å². The summed E-state index contributed by atoms with van der Waals surface area (Å²) in [6.07, 6.45) is 9.96. The third-order valence-corrected chi connectivity index (χ3v) is 9.42. The fourth-order valence-corrected chi connectivity index (χ4v) is 6.98. The van der Waals surface area contributed by atoms with Crippen LogP contribution < -0.4 is 15.7 Å². The van der Waals surface area contributed by atoms with Gasteiger partial charge < -0.3 is 9.32 Å². The van der Waals surface area contributed by atoms with Crippen LogP contribution in [0.15, 0.2) is 174 Å². The maximum Gasteiger partial charge on any atom is 0.227 e. The van der Waals surface area contributed by atoms with Gasteiger partial charge in [0.25, 0.3) is 0 Å². The van der Waals surface area contributed by atoms with Gasteiger partial charge in [-0.05, 0) is 94.1 Å². The average Bonchev–Trinajstić information content (AvgIpc) is 3.61. The molecule has 0 saturated heterocycles. The summed E-state index contributed by atoms with van der Waals surface area (Å²) in [5.41, 5.74) is 11.2. The molecule has 1 heterocycles. The molecule has 1 atom stereocenters. The fourth-order valence-electron chi connectivity index (χ4n) is 6.98. The molecule has 228 valence electrons. The Labute approximate surface area is 279 Å². The van der Waals surface area contributed by atoms with Crippen molar-refractivity contribution in [2.75, 3.05) is 4.90 Å². The molecule has 6 aromatic carbocycles. The van der Waals surface area contributed by atoms with Gasteiger partial charge in [0.2, 0.25) is 5.89 Å². The molecule has 3 heteroatoms. The smallest absolute Gasteiger partial charge is 0.227 e. The monoisotopic (exact) mass is 616 g/mol. The second-order valence-corrected chi connectivity index (χ2v) is 12.4. The van der Waals surface area contributed by atoms with E-state index in [2.05, 4.69) is 151 Å². The van der Waals surface area contributed by atoms with Crippen LogP contribution in [0.25, 0.3) is 50.6 Å². The van der Waals surface area contributed by atoms with Crippen LogP contribution in [0.1, 0.15) is 12.0 Å². The number of para-hydroxylation sites is 1. The van der Waals surface area contributed by atoms with E-state index in [1.807, 2.05) is 30.3 Å². The number of fused-ring (bicyclic) bond motifs is 3. The Hall–Kier alpha value is -6.19. The molecule has 0 radical (unpaired) electrons. The van der Waals surface area contributed by atoms with E-state index in [1.165, 1.54) is 38.6 Å². The number of rotatable bonds is 6. The van der Waals surface area contributed by atoms with E-state index in [9.17, 15) is 0 Å². The molecule has 0 aliphatic heterocycles. The third kappa shape index (κ3) is 5.06. The van der Waals surface area contributed by atoms with Crippen molar-refractivity contribution in [1.29, 1.82) is 0 Å². The normalized spacial score (nSPS) is 15.0. The van der Waals surface area contributed by atoms with Crippen molar-refractivity contribution in [2.24, 2.45) is 5.92 Å². The van der Waals surface area contributed by atoms with E-state index in [0.717, 1.165) is 39.8 Å². The van der Waals surface area contributed by atoms with Crippen molar-refractivity contribution in [3.63, 3.8) is 0 Å². The molecule has 1 unspecified atom stereocenters. The van der Waals surface area contributed by atoms with Crippen molar-refractivity contribution in [3.8, 4) is 22.6 Å². The zero-order chi connectivity index (χ0) is 31.9. The predicted molar refractivity (Wildman–Crippen MR) is 198 cm³/mol. The quantitative estimate of drug-likeness (QED) is 0.186. The van der Waals surface area contributed by atoms with Crippen LogP contribution in [-0.4, -0.2) is 4.98 Å². The third-order valence-electron chi connectivity index (χ3n) is 9.42. The van der Waals surface area contributed by atoms with E-state index < -0.39 is 0 Å². The van der Waals surface area contributed by atoms with E-state index >= 15 is 0 Å². The Morgan fingerprint density at radius 3 is 2.00 bits per heavy atom. The molecular weight excluding hydrogens is 585 g/mol. The van der Waals surface area contributed by atoms with Gasteiger partial charge in [-0.1, -0.05) is 121 Å². The van der Waals surface area contributed by atoms with Crippen molar-refractivity contribution < 1.29 is 4.42 Å². The minimum absolute atomic E-state index is 0.294. The summed E-state index contributed by atoms with van der Waals surface area (Å²) in [5.74, 6) is 0.965. The molecule has 0 saturated carbocycles. The van der Waals surface area contributed by atoms with Gasteiger partial charge in [-0.3, -0.25) is 0 Å². The van der Waals surface area contributed by atoms with E-state index in [-0.39, 0.29) is 0 Å². The lowest BCUT2D eigenvalue weighted by atomic mass is 9.85. The van der Waals surface area contributed by atoms with Crippen LogP contribution in [0.2, 0.25) is 0 Å². The molecule has 3 nitrogen and oxygen atoms in total. The van der Waals surface area contributed by atoms with Gasteiger partial charge in [-0.15, -0.1) is 0 Å². The topological polar surface area (TPSA) is 29.3 Å². The van der Waals surface area contributed by atoms with Gasteiger partial charge in [0.1, 0.15) is 5.35 Å². The molecule has 2 aliphatic carbocycles. The summed E-state index contributed by atoms with van der Waals surface area (Å²) in [7, 11) is 0. The van der Waals surface area contributed by atoms with E-state index in [1.54, 1.807) is 0 Å². The lowest BCUT2D eigenvalue weighted by Crippen LogP contribution is -2.31. The molecule has 2 aliphatic rings. The molecule has 9 rings (SSSR count). The molecular formula is C45H32N2O. The van der Waals surface area contributed by atoms with Gasteiger partial charge in [0.15, 0.2) is 5.42 Å². The first-order valence-corrected chi connectivity index (χ1v) is 16.5. The summed E-state index contributed by atoms with van der Waals surface area (Å²) < 4.78 is 6.39. The Morgan fingerprint density at radius 1 is 0.583 bits per heavy atom. The van der Waals surface area contributed by atoms with E-state index in [4.69, 9.17) is 9.40 Å². The van der Waals surface area contributed by atoms with Crippen LogP contribution in [0.4, 0.5) is 17.1 Å². The lowest BCUT2D eigenvalue weighted by molar-refractivity contribution is 0.531. The zero-order valence-corrected chi connectivity index (χ0v) is 26.3. The molecule has 0 fully saturated rings. The molecule has 0 bridgehead atoms. The van der Waals surface area contributed by atoms with Crippen molar-refractivity contribution >= 4 is 45.1 Å². The van der Waals surface area contributed by atoms with E-state index in [0.29, 0.717) is 11.8 Å². The highest BCUT2D eigenvalue weighted by Crippen LogP contribution is 2.38. The minimum Gasteiger partial charge on any atom is -0.436 e. The summed E-state index contributed by atoms with van der Waals surface area (Å²) >= 11 is 0. The average molecular weight is 617 g/mol. The molecule has 7 aromatic rings. The number of anilines is 3. The Balaban J connectivity index is 1.06. The SMILES string of the molecule is C1=CC2CC=c3nc(-c4ccccc4)oc3=C2C=C1c1ccc(N(c2ccccc2)c2ccc(-c3cccc4ccccc34)cc2)cc1. The summed E-state index contributed by atoms with van der Waals surface area (Å²) in [6.45, 7) is 0. The number of nitrogens with zero attached hydrogens (tertiary/aromatic N) is 2. The van der Waals surface area contributed by atoms with Gasteiger partial charge in [-0.25, -0.2) is 4.98 Å². The Bertz CT molecular complexity index is 2450.